The van der Waals surface area contributed by atoms with Gasteiger partial charge < -0.3 is 4.74 Å². The summed E-state index contributed by atoms with van der Waals surface area (Å²) < 4.78 is 43.6. The van der Waals surface area contributed by atoms with Crippen molar-refractivity contribution in [3.05, 3.63) is 71.3 Å². The van der Waals surface area contributed by atoms with E-state index in [1.54, 1.807) is 6.92 Å². The third-order valence-electron chi connectivity index (χ3n) is 3.68. The van der Waals surface area contributed by atoms with Gasteiger partial charge in [0.15, 0.2) is 0 Å². The maximum Gasteiger partial charge on any atom is 0.416 e. The highest BCUT2D eigenvalue weighted by atomic mass is 19.4. The molecule has 0 saturated heterocycles. The van der Waals surface area contributed by atoms with E-state index in [1.165, 1.54) is 17.7 Å². The summed E-state index contributed by atoms with van der Waals surface area (Å²) in [7, 11) is 0. The van der Waals surface area contributed by atoms with Crippen LogP contribution >= 0.6 is 0 Å². The van der Waals surface area contributed by atoms with E-state index < -0.39 is 17.6 Å². The van der Waals surface area contributed by atoms with Gasteiger partial charge in [0.25, 0.3) is 11.9 Å². The van der Waals surface area contributed by atoms with Crippen LogP contribution in [0.4, 0.5) is 13.2 Å². The number of amides is 1. The van der Waals surface area contributed by atoms with Gasteiger partial charge in [-0.3, -0.25) is 10.1 Å². The fraction of sp³-hybridized carbons (Fsp3) is 0.300. The van der Waals surface area contributed by atoms with Crippen LogP contribution in [-0.2, 0) is 17.3 Å². The van der Waals surface area contributed by atoms with Gasteiger partial charge in [0.1, 0.15) is 0 Å². The molecule has 0 aromatic heterocycles. The van der Waals surface area contributed by atoms with Gasteiger partial charge in [0.2, 0.25) is 0 Å². The second-order valence-electron chi connectivity index (χ2n) is 5.74. The lowest BCUT2D eigenvalue weighted by atomic mass is 10.1. The third-order valence-corrected chi connectivity index (χ3v) is 3.68. The van der Waals surface area contributed by atoms with E-state index in [2.05, 4.69) is 10.3 Å². The number of amidine groups is 1. The van der Waals surface area contributed by atoms with Crippen LogP contribution in [0.15, 0.2) is 59.6 Å². The van der Waals surface area contributed by atoms with Gasteiger partial charge >= 0.3 is 6.18 Å². The predicted octanol–water partition coefficient (Wildman–Crippen LogP) is 4.46. The largest absolute Gasteiger partial charge is 0.465 e. The fourth-order valence-electron chi connectivity index (χ4n) is 2.37. The summed E-state index contributed by atoms with van der Waals surface area (Å²) in [5.41, 5.74) is 0.188. The maximum absolute atomic E-state index is 12.8. The summed E-state index contributed by atoms with van der Waals surface area (Å²) in [6.45, 7) is 2.43. The van der Waals surface area contributed by atoms with Gasteiger partial charge in [-0.05, 0) is 43.5 Å². The van der Waals surface area contributed by atoms with Gasteiger partial charge in [-0.15, -0.1) is 0 Å². The number of ether oxygens (including phenoxy) is 1. The van der Waals surface area contributed by atoms with Crippen molar-refractivity contribution >= 4 is 11.9 Å². The van der Waals surface area contributed by atoms with Crippen molar-refractivity contribution in [1.82, 2.24) is 5.32 Å². The summed E-state index contributed by atoms with van der Waals surface area (Å²) in [6, 6.07) is 14.1. The van der Waals surface area contributed by atoms with Gasteiger partial charge in [0, 0.05) is 12.1 Å². The van der Waals surface area contributed by atoms with Crippen LogP contribution in [0.1, 0.15) is 34.8 Å². The number of aryl methyl sites for hydroxylation is 1. The van der Waals surface area contributed by atoms with Crippen molar-refractivity contribution in [1.29, 1.82) is 0 Å². The van der Waals surface area contributed by atoms with Crippen molar-refractivity contribution in [3.8, 4) is 0 Å². The first-order valence-corrected chi connectivity index (χ1v) is 8.60. The number of carbonyl (C=O) groups is 1. The number of nitrogens with one attached hydrogen (secondary N) is 1. The molecule has 0 saturated carbocycles. The SMILES string of the molecule is CCOC(=NCCCc1ccccc1)NC(=O)c1cccc(C(F)(F)F)c1. The molecule has 7 heteroatoms. The molecule has 4 nitrogen and oxygen atoms in total. The van der Waals surface area contributed by atoms with E-state index in [-0.39, 0.29) is 18.2 Å². The second-order valence-corrected chi connectivity index (χ2v) is 5.74. The highest BCUT2D eigenvalue weighted by molar-refractivity contribution is 6.04. The van der Waals surface area contributed by atoms with Crippen molar-refractivity contribution in [3.63, 3.8) is 0 Å². The molecule has 2 aromatic rings. The molecule has 1 N–H and O–H groups in total. The average molecular weight is 378 g/mol. The number of benzene rings is 2. The molecule has 1 amide bonds. The Morgan fingerprint density at radius 2 is 1.85 bits per heavy atom. The number of nitrogens with zero attached hydrogens (tertiary/aromatic N) is 1. The van der Waals surface area contributed by atoms with Crippen LogP contribution in [-0.4, -0.2) is 25.1 Å². The Balaban J connectivity index is 1.97. The van der Waals surface area contributed by atoms with E-state index in [0.717, 1.165) is 25.0 Å². The number of carbonyl (C=O) groups excluding carboxylic acids is 1. The molecule has 0 fully saturated rings. The first-order valence-electron chi connectivity index (χ1n) is 8.60. The van der Waals surface area contributed by atoms with Gasteiger partial charge in [-0.25, -0.2) is 4.99 Å². The topological polar surface area (TPSA) is 50.7 Å². The first-order chi connectivity index (χ1) is 12.9. The summed E-state index contributed by atoms with van der Waals surface area (Å²) in [5.74, 6) is -0.698. The van der Waals surface area contributed by atoms with Crippen molar-refractivity contribution < 1.29 is 22.7 Å². The van der Waals surface area contributed by atoms with E-state index in [9.17, 15) is 18.0 Å². The molecule has 0 bridgehead atoms. The zero-order valence-corrected chi connectivity index (χ0v) is 14.9. The normalized spacial score (nSPS) is 11.9. The van der Waals surface area contributed by atoms with Crippen LogP contribution in [0.2, 0.25) is 0 Å². The molecule has 0 aliphatic carbocycles. The third kappa shape index (κ3) is 6.77. The zero-order chi connectivity index (χ0) is 19.7. The Morgan fingerprint density at radius 3 is 2.52 bits per heavy atom. The van der Waals surface area contributed by atoms with Gasteiger partial charge in [-0.1, -0.05) is 36.4 Å². The molecule has 0 aliphatic rings. The van der Waals surface area contributed by atoms with Gasteiger partial charge in [0.05, 0.1) is 12.2 Å². The summed E-state index contributed by atoms with van der Waals surface area (Å²) >= 11 is 0. The Labute approximate surface area is 156 Å². The number of rotatable bonds is 6. The second kappa shape index (κ2) is 9.75. The molecule has 144 valence electrons. The highest BCUT2D eigenvalue weighted by Crippen LogP contribution is 2.29. The van der Waals surface area contributed by atoms with Crippen LogP contribution < -0.4 is 5.32 Å². The van der Waals surface area contributed by atoms with Crippen LogP contribution in [0.5, 0.6) is 0 Å². The van der Waals surface area contributed by atoms with E-state index in [1.807, 2.05) is 30.3 Å². The van der Waals surface area contributed by atoms with E-state index >= 15 is 0 Å². The van der Waals surface area contributed by atoms with Crippen molar-refractivity contribution in [2.75, 3.05) is 13.2 Å². The lowest BCUT2D eigenvalue weighted by Crippen LogP contribution is -2.33. The Morgan fingerprint density at radius 1 is 1.11 bits per heavy atom. The lowest BCUT2D eigenvalue weighted by molar-refractivity contribution is -0.137. The Kier molecular flexibility index (Phi) is 7.40. The standard InChI is InChI=1S/C20H21F3N2O2/c1-2-27-19(24-13-7-10-15-8-4-3-5-9-15)25-18(26)16-11-6-12-17(14-16)20(21,22)23/h3-6,8-9,11-12,14H,2,7,10,13H2,1H3,(H,24,25,26). The van der Waals surface area contributed by atoms with E-state index in [4.69, 9.17) is 4.74 Å². The molecule has 0 unspecified atom stereocenters. The molecule has 2 aromatic carbocycles. The summed E-state index contributed by atoms with van der Waals surface area (Å²) in [6.07, 6.45) is -2.93. The minimum Gasteiger partial charge on any atom is -0.465 e. The first kappa shape index (κ1) is 20.5. The van der Waals surface area contributed by atoms with Crippen LogP contribution in [0.25, 0.3) is 0 Å². The molecule has 0 atom stereocenters. The molecule has 27 heavy (non-hydrogen) atoms. The maximum atomic E-state index is 12.8. The number of alkyl halides is 3. The van der Waals surface area contributed by atoms with E-state index in [0.29, 0.717) is 6.54 Å². The molecule has 0 aliphatic heterocycles. The fourth-order valence-corrected chi connectivity index (χ4v) is 2.37. The predicted molar refractivity (Wildman–Crippen MR) is 97.6 cm³/mol. The molecule has 0 spiro atoms. The quantitative estimate of drug-likeness (QED) is 0.458. The molecular formula is C20H21F3N2O2. The minimum absolute atomic E-state index is 0.00738. The number of halogens is 3. The van der Waals surface area contributed by atoms with Crippen molar-refractivity contribution in [2.24, 2.45) is 4.99 Å². The molecule has 0 heterocycles. The summed E-state index contributed by atoms with van der Waals surface area (Å²) in [4.78, 5) is 16.4. The Bertz CT molecular complexity index is 774. The minimum atomic E-state index is -4.51. The molecular weight excluding hydrogens is 357 g/mol. The van der Waals surface area contributed by atoms with Crippen LogP contribution in [0.3, 0.4) is 0 Å². The zero-order valence-electron chi connectivity index (χ0n) is 14.9. The summed E-state index contributed by atoms with van der Waals surface area (Å²) in [5, 5.41) is 2.43. The Hall–Kier alpha value is -2.83. The number of aliphatic imine (C=N–C) groups is 1. The average Bonchev–Trinajstić information content (AvgIpc) is 2.65. The van der Waals surface area contributed by atoms with Crippen molar-refractivity contribution in [2.45, 2.75) is 25.9 Å². The lowest BCUT2D eigenvalue weighted by Gasteiger charge is -2.11. The number of hydrogen-bond acceptors (Lipinski definition) is 3. The smallest absolute Gasteiger partial charge is 0.416 e. The number of hydrogen-bond donors (Lipinski definition) is 1. The van der Waals surface area contributed by atoms with Crippen LogP contribution in [0, 0.1) is 0 Å². The monoisotopic (exact) mass is 378 g/mol. The van der Waals surface area contributed by atoms with Gasteiger partial charge in [-0.2, -0.15) is 13.2 Å². The molecule has 0 radical (unpaired) electrons. The molecule has 2 rings (SSSR count). The highest BCUT2D eigenvalue weighted by Gasteiger charge is 2.31.